The molecule has 0 aliphatic carbocycles. The van der Waals surface area contributed by atoms with Crippen molar-refractivity contribution in [2.45, 2.75) is 53.1 Å². The van der Waals surface area contributed by atoms with Gasteiger partial charge in [0.25, 0.3) is 0 Å². The quantitative estimate of drug-likeness (QED) is 0.590. The van der Waals surface area contributed by atoms with Gasteiger partial charge < -0.3 is 13.9 Å². The standard InChI is InChI=1S/C14H24O5Si/c1-9-10(2)14(18-11(9)15,19-20(6,7)8)13(3,4)12(16)17-5/h1-8H3. The highest BCUT2D eigenvalue weighted by Crippen LogP contribution is 2.48. The molecule has 0 fully saturated rings. The molecule has 1 atom stereocenters. The third-order valence-corrected chi connectivity index (χ3v) is 4.47. The molecular formula is C14H24O5Si. The molecule has 0 N–H and O–H groups in total. The Balaban J connectivity index is 3.46. The van der Waals surface area contributed by atoms with Crippen molar-refractivity contribution in [2.24, 2.45) is 5.41 Å². The first-order valence-corrected chi connectivity index (χ1v) is 10.00. The van der Waals surface area contributed by atoms with E-state index in [1.807, 2.05) is 19.6 Å². The van der Waals surface area contributed by atoms with E-state index in [9.17, 15) is 9.59 Å². The molecule has 0 bridgehead atoms. The number of hydrogen-bond acceptors (Lipinski definition) is 5. The number of carbonyl (C=O) groups excluding carboxylic acids is 2. The molecule has 0 amide bonds. The molecule has 114 valence electrons. The van der Waals surface area contributed by atoms with Crippen LogP contribution < -0.4 is 0 Å². The normalized spacial score (nSPS) is 23.9. The number of carbonyl (C=O) groups is 2. The Morgan fingerprint density at radius 3 is 2.05 bits per heavy atom. The van der Waals surface area contributed by atoms with E-state index >= 15 is 0 Å². The molecule has 1 aliphatic heterocycles. The second-order valence-corrected chi connectivity index (χ2v) is 11.0. The average Bonchev–Trinajstić information content (AvgIpc) is 2.52. The van der Waals surface area contributed by atoms with E-state index in [-0.39, 0.29) is 0 Å². The maximum Gasteiger partial charge on any atom is 0.336 e. The maximum absolute atomic E-state index is 12.2. The first-order chi connectivity index (χ1) is 8.89. The van der Waals surface area contributed by atoms with Crippen LogP contribution in [0.3, 0.4) is 0 Å². The van der Waals surface area contributed by atoms with Gasteiger partial charge in [-0.2, -0.15) is 0 Å². The van der Waals surface area contributed by atoms with Crippen LogP contribution >= 0.6 is 0 Å². The molecule has 0 aromatic rings. The minimum atomic E-state index is -2.08. The van der Waals surface area contributed by atoms with E-state index in [0.29, 0.717) is 11.1 Å². The first kappa shape index (κ1) is 16.9. The molecule has 1 aliphatic rings. The van der Waals surface area contributed by atoms with Crippen LogP contribution in [0, 0.1) is 5.41 Å². The Morgan fingerprint density at radius 2 is 1.75 bits per heavy atom. The molecule has 20 heavy (non-hydrogen) atoms. The monoisotopic (exact) mass is 300 g/mol. The van der Waals surface area contributed by atoms with E-state index < -0.39 is 31.5 Å². The van der Waals surface area contributed by atoms with Crippen LogP contribution in [-0.2, 0) is 23.5 Å². The number of methoxy groups -OCH3 is 1. The Bertz CT molecular complexity index is 472. The van der Waals surface area contributed by atoms with Crippen molar-refractivity contribution in [1.29, 1.82) is 0 Å². The summed E-state index contributed by atoms with van der Waals surface area (Å²) in [7, 11) is -0.769. The van der Waals surface area contributed by atoms with Crippen LogP contribution in [0.2, 0.25) is 19.6 Å². The topological polar surface area (TPSA) is 61.8 Å². The molecule has 1 unspecified atom stereocenters. The summed E-state index contributed by atoms with van der Waals surface area (Å²) in [4.78, 5) is 24.1. The fourth-order valence-electron chi connectivity index (χ4n) is 2.33. The molecule has 5 nitrogen and oxygen atoms in total. The summed E-state index contributed by atoms with van der Waals surface area (Å²) in [5.74, 6) is -2.30. The molecule has 0 aromatic heterocycles. The molecule has 1 rings (SSSR count). The summed E-state index contributed by atoms with van der Waals surface area (Å²) >= 11 is 0. The summed E-state index contributed by atoms with van der Waals surface area (Å²) in [6, 6.07) is 0. The fraction of sp³-hybridized carbons (Fsp3) is 0.714. The molecule has 0 saturated heterocycles. The minimum absolute atomic E-state index is 0.447. The van der Waals surface area contributed by atoms with Crippen LogP contribution in [0.15, 0.2) is 11.1 Å². The molecule has 0 saturated carbocycles. The summed E-state index contributed by atoms with van der Waals surface area (Å²) in [6.45, 7) is 12.7. The second kappa shape index (κ2) is 5.00. The molecular weight excluding hydrogens is 276 g/mol. The molecule has 1 heterocycles. The molecule has 0 aromatic carbocycles. The number of hydrogen-bond donors (Lipinski definition) is 0. The van der Waals surface area contributed by atoms with Gasteiger partial charge in [-0.25, -0.2) is 4.79 Å². The van der Waals surface area contributed by atoms with Crippen LogP contribution in [0.1, 0.15) is 27.7 Å². The highest BCUT2D eigenvalue weighted by atomic mass is 28.4. The Morgan fingerprint density at radius 1 is 1.25 bits per heavy atom. The lowest BCUT2D eigenvalue weighted by Gasteiger charge is -2.44. The molecule has 0 radical (unpaired) electrons. The van der Waals surface area contributed by atoms with Crippen LogP contribution in [0.4, 0.5) is 0 Å². The van der Waals surface area contributed by atoms with Crippen molar-refractivity contribution in [2.75, 3.05) is 7.11 Å². The Labute approximate surface area is 121 Å². The third kappa shape index (κ3) is 2.54. The summed E-state index contributed by atoms with van der Waals surface area (Å²) in [5.41, 5.74) is 0.0000491. The number of ether oxygens (including phenoxy) is 2. The van der Waals surface area contributed by atoms with Crippen LogP contribution in [0.5, 0.6) is 0 Å². The van der Waals surface area contributed by atoms with E-state index in [0.717, 1.165) is 0 Å². The lowest BCUT2D eigenvalue weighted by molar-refractivity contribution is -0.219. The van der Waals surface area contributed by atoms with Gasteiger partial charge in [0.1, 0.15) is 5.41 Å². The van der Waals surface area contributed by atoms with Gasteiger partial charge in [0.2, 0.25) is 5.79 Å². The predicted octanol–water partition coefficient (Wildman–Crippen LogP) is 2.63. The zero-order chi connectivity index (χ0) is 15.9. The highest BCUT2D eigenvalue weighted by Gasteiger charge is 2.61. The van der Waals surface area contributed by atoms with Gasteiger partial charge in [-0.1, -0.05) is 0 Å². The zero-order valence-electron chi connectivity index (χ0n) is 13.5. The number of rotatable bonds is 4. The third-order valence-electron chi connectivity index (χ3n) is 3.57. The predicted molar refractivity (Wildman–Crippen MR) is 77.4 cm³/mol. The van der Waals surface area contributed by atoms with Gasteiger partial charge in [0.05, 0.1) is 7.11 Å². The van der Waals surface area contributed by atoms with Gasteiger partial charge in [-0.05, 0) is 47.3 Å². The van der Waals surface area contributed by atoms with E-state index in [1.165, 1.54) is 7.11 Å². The fourth-order valence-corrected chi connectivity index (χ4v) is 3.64. The minimum Gasteiger partial charge on any atom is -0.468 e. The number of cyclic esters (lactones) is 1. The van der Waals surface area contributed by atoms with E-state index in [2.05, 4.69) is 0 Å². The van der Waals surface area contributed by atoms with Gasteiger partial charge in [0.15, 0.2) is 8.32 Å². The summed E-state index contributed by atoms with van der Waals surface area (Å²) < 4.78 is 16.6. The van der Waals surface area contributed by atoms with Crippen LogP contribution in [-0.4, -0.2) is 33.2 Å². The second-order valence-electron chi connectivity index (χ2n) is 6.59. The van der Waals surface area contributed by atoms with Gasteiger partial charge in [-0.3, -0.25) is 4.79 Å². The van der Waals surface area contributed by atoms with Crippen molar-refractivity contribution >= 4 is 20.3 Å². The van der Waals surface area contributed by atoms with Crippen molar-refractivity contribution in [3.8, 4) is 0 Å². The van der Waals surface area contributed by atoms with Crippen molar-refractivity contribution in [1.82, 2.24) is 0 Å². The van der Waals surface area contributed by atoms with Crippen molar-refractivity contribution in [3.05, 3.63) is 11.1 Å². The lowest BCUT2D eigenvalue weighted by atomic mass is 9.79. The highest BCUT2D eigenvalue weighted by molar-refractivity contribution is 6.69. The smallest absolute Gasteiger partial charge is 0.336 e. The van der Waals surface area contributed by atoms with Gasteiger partial charge >= 0.3 is 11.9 Å². The number of esters is 2. The van der Waals surface area contributed by atoms with Gasteiger partial charge in [0, 0.05) is 11.1 Å². The Hall–Kier alpha value is -1.14. The SMILES string of the molecule is COC(=O)C(C)(C)C1(O[Si](C)(C)C)OC(=O)C(C)=C1C. The Kier molecular flexibility index (Phi) is 4.23. The van der Waals surface area contributed by atoms with E-state index in [4.69, 9.17) is 13.9 Å². The summed E-state index contributed by atoms with van der Waals surface area (Å²) in [5, 5.41) is 0. The largest absolute Gasteiger partial charge is 0.468 e. The average molecular weight is 300 g/mol. The first-order valence-electron chi connectivity index (χ1n) is 6.59. The summed E-state index contributed by atoms with van der Waals surface area (Å²) in [6.07, 6.45) is 0. The van der Waals surface area contributed by atoms with Crippen molar-refractivity contribution in [3.63, 3.8) is 0 Å². The zero-order valence-corrected chi connectivity index (χ0v) is 14.5. The molecule has 6 heteroatoms. The van der Waals surface area contributed by atoms with E-state index in [1.54, 1.807) is 27.7 Å². The van der Waals surface area contributed by atoms with Crippen molar-refractivity contribution < 1.29 is 23.5 Å². The molecule has 0 spiro atoms. The van der Waals surface area contributed by atoms with Crippen LogP contribution in [0.25, 0.3) is 0 Å². The van der Waals surface area contributed by atoms with Gasteiger partial charge in [-0.15, -0.1) is 0 Å². The lowest BCUT2D eigenvalue weighted by Crippen LogP contribution is -2.57. The maximum atomic E-state index is 12.2.